The predicted octanol–water partition coefficient (Wildman–Crippen LogP) is 7.67. The lowest BCUT2D eigenvalue weighted by Crippen LogP contribution is -2.44. The van der Waals surface area contributed by atoms with Gasteiger partial charge in [0.1, 0.15) is 0 Å². The molecule has 0 aromatic carbocycles. The van der Waals surface area contributed by atoms with Crippen LogP contribution >= 0.6 is 7.60 Å². The molecule has 0 aliphatic heterocycles. The van der Waals surface area contributed by atoms with Crippen molar-refractivity contribution in [1.29, 1.82) is 0 Å². The third kappa shape index (κ3) is 16.2. The van der Waals surface area contributed by atoms with E-state index in [1.807, 2.05) is 28.1 Å². The third-order valence-corrected chi connectivity index (χ3v) is 7.93. The summed E-state index contributed by atoms with van der Waals surface area (Å²) in [7, 11) is 2.31. The highest BCUT2D eigenvalue weighted by Gasteiger charge is 2.41. The molecule has 0 radical (unpaired) electrons. The molecule has 1 N–H and O–H groups in total. The standard InChI is InChI=1S/C24H50NO3P/c1-6-8-9-10-11-12-13-14-15-16-17-18-19-20-21-22-23-28-29(26,27)24(7-2)25(3,4)5/h10-11,24H,6-9,12-23H2,1-5H3/p+1. The normalized spacial score (nSPS) is 15.7. The molecule has 2 unspecified atom stereocenters. The topological polar surface area (TPSA) is 46.5 Å². The minimum Gasteiger partial charge on any atom is -0.320 e. The zero-order chi connectivity index (χ0) is 22.0. The van der Waals surface area contributed by atoms with Crippen molar-refractivity contribution >= 4 is 7.60 Å². The van der Waals surface area contributed by atoms with Crippen LogP contribution in [0, 0.1) is 0 Å². The Morgan fingerprint density at radius 2 is 1.24 bits per heavy atom. The SMILES string of the molecule is CCCCC=CCCCCCCCCCCCCOP(=O)(O)C(CC)[N+](C)(C)C. The second kappa shape index (κ2) is 17.5. The molecule has 174 valence electrons. The first-order valence-corrected chi connectivity index (χ1v) is 13.8. The molecule has 2 atom stereocenters. The number of nitrogens with zero attached hydrogens (tertiary/aromatic N) is 1. The van der Waals surface area contributed by atoms with Gasteiger partial charge in [0.2, 0.25) is 0 Å². The number of hydrogen-bond acceptors (Lipinski definition) is 2. The first-order valence-electron chi connectivity index (χ1n) is 12.2. The molecule has 0 spiro atoms. The molecule has 29 heavy (non-hydrogen) atoms. The third-order valence-electron chi connectivity index (χ3n) is 5.57. The summed E-state index contributed by atoms with van der Waals surface area (Å²) in [6.45, 7) is 4.59. The van der Waals surface area contributed by atoms with Crippen molar-refractivity contribution in [3.05, 3.63) is 12.2 Å². The number of unbranched alkanes of at least 4 members (excludes halogenated alkanes) is 12. The maximum absolute atomic E-state index is 12.5. The highest BCUT2D eigenvalue weighted by Crippen LogP contribution is 2.51. The summed E-state index contributed by atoms with van der Waals surface area (Å²) in [6.07, 6.45) is 23.0. The van der Waals surface area contributed by atoms with Gasteiger partial charge in [-0.15, -0.1) is 0 Å². The van der Waals surface area contributed by atoms with Crippen LogP contribution in [0.4, 0.5) is 0 Å². The number of hydrogen-bond donors (Lipinski definition) is 1. The van der Waals surface area contributed by atoms with Crippen molar-refractivity contribution in [3.63, 3.8) is 0 Å². The van der Waals surface area contributed by atoms with E-state index in [-0.39, 0.29) is 5.78 Å². The Hall–Kier alpha value is -0.150. The molecule has 0 aromatic heterocycles. The minimum atomic E-state index is -3.55. The van der Waals surface area contributed by atoms with E-state index < -0.39 is 7.60 Å². The molecule has 0 bridgehead atoms. The summed E-state index contributed by atoms with van der Waals surface area (Å²) in [5.74, 6) is -0.348. The Morgan fingerprint density at radius 3 is 1.69 bits per heavy atom. The van der Waals surface area contributed by atoms with Gasteiger partial charge in [-0.2, -0.15) is 0 Å². The summed E-state index contributed by atoms with van der Waals surface area (Å²) in [5, 5.41) is 0. The first-order chi connectivity index (χ1) is 13.8. The van der Waals surface area contributed by atoms with Crippen molar-refractivity contribution < 1.29 is 18.5 Å². The molecule has 0 saturated heterocycles. The molecule has 0 aliphatic carbocycles. The first kappa shape index (κ1) is 28.9. The summed E-state index contributed by atoms with van der Waals surface area (Å²) < 4.78 is 18.3. The van der Waals surface area contributed by atoms with Crippen LogP contribution in [0.1, 0.15) is 110 Å². The Labute approximate surface area is 182 Å². The Morgan fingerprint density at radius 1 is 0.793 bits per heavy atom. The second-order valence-corrected chi connectivity index (χ2v) is 11.3. The highest BCUT2D eigenvalue weighted by molar-refractivity contribution is 7.53. The average Bonchev–Trinajstić information content (AvgIpc) is 2.63. The van der Waals surface area contributed by atoms with E-state index in [2.05, 4.69) is 19.1 Å². The van der Waals surface area contributed by atoms with E-state index >= 15 is 0 Å². The molecule has 4 nitrogen and oxygen atoms in total. The van der Waals surface area contributed by atoms with Gasteiger partial charge < -0.3 is 13.9 Å². The molecule has 5 heteroatoms. The summed E-state index contributed by atoms with van der Waals surface area (Å²) >= 11 is 0. The van der Waals surface area contributed by atoms with E-state index in [0.29, 0.717) is 17.5 Å². The van der Waals surface area contributed by atoms with Crippen molar-refractivity contribution in [3.8, 4) is 0 Å². The monoisotopic (exact) mass is 432 g/mol. The van der Waals surface area contributed by atoms with Gasteiger partial charge in [0, 0.05) is 6.42 Å². The lowest BCUT2D eigenvalue weighted by atomic mass is 10.1. The van der Waals surface area contributed by atoms with Crippen LogP contribution in [0.15, 0.2) is 12.2 Å². The molecule has 0 fully saturated rings. The Balaban J connectivity index is 3.50. The van der Waals surface area contributed by atoms with Gasteiger partial charge >= 0.3 is 7.60 Å². The van der Waals surface area contributed by atoms with Crippen molar-refractivity contribution in [2.45, 2.75) is 116 Å². The Kier molecular flexibility index (Phi) is 17.4. The highest BCUT2D eigenvalue weighted by atomic mass is 31.2. The fourth-order valence-corrected chi connectivity index (χ4v) is 5.73. The average molecular weight is 433 g/mol. The molecular formula is C24H51NO3P+. The van der Waals surface area contributed by atoms with E-state index in [4.69, 9.17) is 4.52 Å². The largest absolute Gasteiger partial charge is 0.385 e. The smallest absolute Gasteiger partial charge is 0.320 e. The van der Waals surface area contributed by atoms with Crippen LogP contribution < -0.4 is 0 Å². The van der Waals surface area contributed by atoms with Crippen molar-refractivity contribution in [2.75, 3.05) is 27.7 Å². The quantitative estimate of drug-likeness (QED) is 0.0929. The fraction of sp³-hybridized carbons (Fsp3) is 0.917. The van der Waals surface area contributed by atoms with Crippen molar-refractivity contribution in [1.82, 2.24) is 0 Å². The van der Waals surface area contributed by atoms with Crippen LogP contribution in [-0.2, 0) is 9.09 Å². The minimum absolute atomic E-state index is 0.348. The van der Waals surface area contributed by atoms with Gasteiger partial charge in [-0.25, -0.2) is 0 Å². The van der Waals surface area contributed by atoms with Crippen molar-refractivity contribution in [2.24, 2.45) is 0 Å². The Bertz CT molecular complexity index is 446. The van der Waals surface area contributed by atoms with Gasteiger partial charge in [0.15, 0.2) is 5.78 Å². The van der Waals surface area contributed by atoms with Gasteiger partial charge in [-0.3, -0.25) is 4.57 Å². The van der Waals surface area contributed by atoms with Crippen LogP contribution in [0.25, 0.3) is 0 Å². The van der Waals surface area contributed by atoms with E-state index in [0.717, 1.165) is 12.8 Å². The van der Waals surface area contributed by atoms with Gasteiger partial charge in [-0.1, -0.05) is 90.2 Å². The number of quaternary nitrogens is 1. The van der Waals surface area contributed by atoms with Crippen LogP contribution in [0.2, 0.25) is 0 Å². The van der Waals surface area contributed by atoms with Gasteiger partial charge in [0.05, 0.1) is 27.7 Å². The molecule has 0 rings (SSSR count). The molecular weight excluding hydrogens is 381 g/mol. The summed E-state index contributed by atoms with van der Waals surface area (Å²) in [5.41, 5.74) is 0. The van der Waals surface area contributed by atoms with Crippen LogP contribution in [0.5, 0.6) is 0 Å². The molecule has 0 heterocycles. The predicted molar refractivity (Wildman–Crippen MR) is 127 cm³/mol. The van der Waals surface area contributed by atoms with E-state index in [1.54, 1.807) is 0 Å². The number of allylic oxidation sites excluding steroid dienone is 2. The molecule has 0 aliphatic rings. The lowest BCUT2D eigenvalue weighted by Gasteiger charge is -2.35. The number of rotatable bonds is 20. The zero-order valence-electron chi connectivity index (χ0n) is 20.2. The lowest BCUT2D eigenvalue weighted by molar-refractivity contribution is -0.883. The molecule has 0 amide bonds. The van der Waals surface area contributed by atoms with Crippen LogP contribution in [-0.4, -0.2) is 42.9 Å². The van der Waals surface area contributed by atoms with E-state index in [1.165, 1.54) is 77.0 Å². The molecule has 0 aromatic rings. The second-order valence-electron chi connectivity index (χ2n) is 9.34. The van der Waals surface area contributed by atoms with E-state index in [9.17, 15) is 9.46 Å². The maximum Gasteiger partial charge on any atom is 0.385 e. The maximum atomic E-state index is 12.5. The fourth-order valence-electron chi connectivity index (χ4n) is 3.83. The van der Waals surface area contributed by atoms with Gasteiger partial charge in [0.25, 0.3) is 0 Å². The van der Waals surface area contributed by atoms with Gasteiger partial charge in [-0.05, 0) is 25.7 Å². The zero-order valence-corrected chi connectivity index (χ0v) is 21.1. The summed E-state index contributed by atoms with van der Waals surface area (Å²) in [6, 6.07) is 0. The molecule has 0 saturated carbocycles. The summed E-state index contributed by atoms with van der Waals surface area (Å²) in [4.78, 5) is 10.2. The van der Waals surface area contributed by atoms with Crippen LogP contribution in [0.3, 0.4) is 0 Å².